The van der Waals surface area contributed by atoms with Gasteiger partial charge in [0.25, 0.3) is 0 Å². The summed E-state index contributed by atoms with van der Waals surface area (Å²) in [6.07, 6.45) is 6.88. The first kappa shape index (κ1) is 19.5. The molecule has 1 saturated heterocycles. The van der Waals surface area contributed by atoms with E-state index in [0.29, 0.717) is 17.9 Å². The maximum Gasteiger partial charge on any atom is 0.337 e. The average molecular weight is 400 g/mol. The van der Waals surface area contributed by atoms with E-state index in [-0.39, 0.29) is 23.6 Å². The smallest absolute Gasteiger partial charge is 0.337 e. The molecule has 1 unspecified atom stereocenters. The van der Waals surface area contributed by atoms with Crippen LogP contribution in [0, 0.1) is 0 Å². The van der Waals surface area contributed by atoms with E-state index in [0.717, 1.165) is 51.6 Å². The van der Waals surface area contributed by atoms with Crippen molar-refractivity contribution in [3.8, 4) is 0 Å². The number of nitrogens with two attached hydrogens (primary N) is 2. The molecular weight excluding hydrogens is 372 g/mol. The highest BCUT2D eigenvalue weighted by molar-refractivity contribution is 6.06. The van der Waals surface area contributed by atoms with Gasteiger partial charge in [-0.2, -0.15) is 4.99 Å². The lowest BCUT2D eigenvalue weighted by atomic mass is 9.87. The van der Waals surface area contributed by atoms with E-state index in [1.165, 1.54) is 0 Å². The van der Waals surface area contributed by atoms with Gasteiger partial charge in [0, 0.05) is 24.5 Å². The monoisotopic (exact) mass is 400 g/mol. The van der Waals surface area contributed by atoms with Gasteiger partial charge in [-0.15, -0.1) is 0 Å². The summed E-state index contributed by atoms with van der Waals surface area (Å²) in [5.41, 5.74) is 13.0. The van der Waals surface area contributed by atoms with E-state index < -0.39 is 11.6 Å². The summed E-state index contributed by atoms with van der Waals surface area (Å²) in [5, 5.41) is 13.0. The molecule has 0 aromatic heterocycles. The Morgan fingerprint density at radius 3 is 2.76 bits per heavy atom. The molecule has 4 rings (SSSR count). The zero-order chi connectivity index (χ0) is 20.4. The molecule has 9 nitrogen and oxygen atoms in total. The van der Waals surface area contributed by atoms with Crippen molar-refractivity contribution >= 4 is 29.3 Å². The predicted octanol–water partition coefficient (Wildman–Crippen LogP) is 2.09. The van der Waals surface area contributed by atoms with Crippen molar-refractivity contribution in [1.82, 2.24) is 0 Å². The van der Waals surface area contributed by atoms with Gasteiger partial charge < -0.3 is 26.6 Å². The Labute approximate surface area is 169 Å². The van der Waals surface area contributed by atoms with Gasteiger partial charge in [-0.05, 0) is 56.7 Å². The topological polar surface area (TPSA) is 139 Å². The second kappa shape index (κ2) is 7.90. The van der Waals surface area contributed by atoms with E-state index in [4.69, 9.17) is 16.2 Å². The van der Waals surface area contributed by atoms with Crippen molar-refractivity contribution in [1.29, 1.82) is 0 Å². The van der Waals surface area contributed by atoms with E-state index in [1.807, 2.05) is 11.0 Å². The van der Waals surface area contributed by atoms with Crippen LogP contribution in [0.4, 0.5) is 11.4 Å². The number of nitrogens with one attached hydrogen (secondary N) is 1. The summed E-state index contributed by atoms with van der Waals surface area (Å²) in [7, 11) is 0. The number of guanidine groups is 2. The Kier molecular flexibility index (Phi) is 5.31. The number of hydrogen-bond acceptors (Lipinski definition) is 8. The molecule has 0 amide bonds. The first-order valence-electron chi connectivity index (χ1n) is 10.2. The van der Waals surface area contributed by atoms with Crippen LogP contribution in [0.5, 0.6) is 0 Å². The number of aliphatic imine (C=N–C) groups is 2. The number of carboxylic acids is 1. The molecule has 6 N–H and O–H groups in total. The fourth-order valence-electron chi connectivity index (χ4n) is 4.53. The maximum atomic E-state index is 12.0. The SMILES string of the molecule is NC1=NC2(CCCCC2)N(c2ccc(NCC3CCCO3)c(C(=O)O)c2)C(N)=N1. The highest BCUT2D eigenvalue weighted by Crippen LogP contribution is 2.40. The lowest BCUT2D eigenvalue weighted by Crippen LogP contribution is -2.58. The second-order valence-electron chi connectivity index (χ2n) is 7.87. The highest BCUT2D eigenvalue weighted by atomic mass is 16.5. The van der Waals surface area contributed by atoms with Crippen molar-refractivity contribution in [2.75, 3.05) is 23.4 Å². The molecule has 1 aromatic rings. The number of hydrogen-bond donors (Lipinski definition) is 4. The molecule has 1 aromatic carbocycles. The summed E-state index contributed by atoms with van der Waals surface area (Å²) in [4.78, 5) is 22.6. The molecule has 29 heavy (non-hydrogen) atoms. The molecular formula is C20H28N6O3. The standard InChI is InChI=1S/C20H28N6O3/c21-18-24-19(22)26(20(25-18)8-2-1-3-9-20)13-6-7-16(15(11-13)17(27)28)23-12-14-5-4-10-29-14/h6-7,11,14,23H,1-5,8-10,12H2,(H,27,28)(H4,21,22,24,25). The normalized spacial score (nSPS) is 23.6. The number of benzene rings is 1. The van der Waals surface area contributed by atoms with Crippen LogP contribution in [0.3, 0.4) is 0 Å². The van der Waals surface area contributed by atoms with Crippen LogP contribution in [0.25, 0.3) is 0 Å². The largest absolute Gasteiger partial charge is 0.478 e. The number of carbonyl (C=O) groups is 1. The molecule has 0 radical (unpaired) electrons. The predicted molar refractivity (Wildman–Crippen MR) is 112 cm³/mol. The molecule has 3 aliphatic rings. The van der Waals surface area contributed by atoms with Crippen molar-refractivity contribution in [2.24, 2.45) is 21.5 Å². The quantitative estimate of drug-likeness (QED) is 0.593. The molecule has 1 saturated carbocycles. The van der Waals surface area contributed by atoms with E-state index in [2.05, 4.69) is 15.3 Å². The van der Waals surface area contributed by atoms with Crippen molar-refractivity contribution < 1.29 is 14.6 Å². The Morgan fingerprint density at radius 1 is 1.28 bits per heavy atom. The number of anilines is 2. The molecule has 2 heterocycles. The first-order valence-corrected chi connectivity index (χ1v) is 10.2. The Hall–Kier alpha value is -2.81. The summed E-state index contributed by atoms with van der Waals surface area (Å²) < 4.78 is 5.62. The third-order valence-corrected chi connectivity index (χ3v) is 5.89. The number of ether oxygens (including phenoxy) is 1. The van der Waals surface area contributed by atoms with Crippen LogP contribution in [0.15, 0.2) is 28.2 Å². The molecule has 0 bridgehead atoms. The minimum Gasteiger partial charge on any atom is -0.478 e. The number of aromatic carboxylic acids is 1. The lowest BCUT2D eigenvalue weighted by molar-refractivity contribution is 0.0697. The summed E-state index contributed by atoms with van der Waals surface area (Å²) >= 11 is 0. The molecule has 1 aliphatic carbocycles. The van der Waals surface area contributed by atoms with Crippen LogP contribution >= 0.6 is 0 Å². The number of nitrogens with zero attached hydrogens (tertiary/aromatic N) is 3. The minimum absolute atomic E-state index is 0.115. The van der Waals surface area contributed by atoms with Gasteiger partial charge in [-0.3, -0.25) is 4.90 Å². The second-order valence-corrected chi connectivity index (χ2v) is 7.87. The van der Waals surface area contributed by atoms with E-state index >= 15 is 0 Å². The van der Waals surface area contributed by atoms with Crippen LogP contribution in [0.2, 0.25) is 0 Å². The van der Waals surface area contributed by atoms with E-state index in [1.54, 1.807) is 12.1 Å². The molecule has 9 heteroatoms. The van der Waals surface area contributed by atoms with Gasteiger partial charge in [0.1, 0.15) is 5.66 Å². The molecule has 1 spiro atoms. The van der Waals surface area contributed by atoms with Crippen LogP contribution in [-0.2, 0) is 4.74 Å². The zero-order valence-corrected chi connectivity index (χ0v) is 16.4. The summed E-state index contributed by atoms with van der Waals surface area (Å²) in [6, 6.07) is 5.27. The van der Waals surface area contributed by atoms with Crippen molar-refractivity contribution in [3.63, 3.8) is 0 Å². The summed E-state index contributed by atoms with van der Waals surface area (Å²) in [6.45, 7) is 1.34. The van der Waals surface area contributed by atoms with Crippen molar-refractivity contribution in [3.05, 3.63) is 23.8 Å². The van der Waals surface area contributed by atoms with Gasteiger partial charge in [0.15, 0.2) is 0 Å². The fourth-order valence-corrected chi connectivity index (χ4v) is 4.53. The molecule has 2 aliphatic heterocycles. The lowest BCUT2D eigenvalue weighted by Gasteiger charge is -2.45. The number of carboxylic acid groups (broad SMARTS) is 1. The third kappa shape index (κ3) is 3.87. The Bertz CT molecular complexity index is 841. The van der Waals surface area contributed by atoms with E-state index in [9.17, 15) is 9.90 Å². The fraction of sp³-hybridized carbons (Fsp3) is 0.550. The molecule has 2 fully saturated rings. The van der Waals surface area contributed by atoms with Crippen LogP contribution in [-0.4, -0.2) is 47.9 Å². The Morgan fingerprint density at radius 2 is 2.07 bits per heavy atom. The van der Waals surface area contributed by atoms with Gasteiger partial charge in [0.05, 0.1) is 11.7 Å². The van der Waals surface area contributed by atoms with Crippen LogP contribution < -0.4 is 21.7 Å². The molecule has 1 atom stereocenters. The third-order valence-electron chi connectivity index (χ3n) is 5.89. The first-order chi connectivity index (χ1) is 14.0. The van der Waals surface area contributed by atoms with Gasteiger partial charge >= 0.3 is 5.97 Å². The highest BCUT2D eigenvalue weighted by Gasteiger charge is 2.42. The van der Waals surface area contributed by atoms with Gasteiger partial charge in [0.2, 0.25) is 11.9 Å². The van der Waals surface area contributed by atoms with Gasteiger partial charge in [-0.25, -0.2) is 9.79 Å². The summed E-state index contributed by atoms with van der Waals surface area (Å²) in [5.74, 6) is -0.584. The molecule has 156 valence electrons. The van der Waals surface area contributed by atoms with Crippen LogP contribution in [0.1, 0.15) is 55.3 Å². The Balaban J connectivity index is 1.65. The number of rotatable bonds is 5. The minimum atomic E-state index is -1.00. The van der Waals surface area contributed by atoms with Crippen molar-refractivity contribution in [2.45, 2.75) is 56.7 Å². The average Bonchev–Trinajstić information content (AvgIpc) is 3.20. The van der Waals surface area contributed by atoms with Gasteiger partial charge in [-0.1, -0.05) is 6.42 Å². The zero-order valence-electron chi connectivity index (χ0n) is 16.4. The maximum absolute atomic E-state index is 12.0.